The van der Waals surface area contributed by atoms with Crippen LogP contribution in [0.25, 0.3) is 0 Å². The summed E-state index contributed by atoms with van der Waals surface area (Å²) in [6, 6.07) is 10.1. The third-order valence-electron chi connectivity index (χ3n) is 2.74. The zero-order valence-corrected chi connectivity index (χ0v) is 12.6. The van der Waals surface area contributed by atoms with Crippen molar-refractivity contribution in [1.29, 1.82) is 0 Å². The minimum absolute atomic E-state index is 0.313. The molecule has 1 amide bonds. The number of ether oxygens (including phenoxy) is 1. The molecule has 0 aliphatic carbocycles. The van der Waals surface area contributed by atoms with E-state index in [4.69, 9.17) is 0 Å². The van der Waals surface area contributed by atoms with Crippen molar-refractivity contribution in [3.05, 3.63) is 63.9 Å². The van der Waals surface area contributed by atoms with Crippen molar-refractivity contribution in [3.63, 3.8) is 0 Å². The first-order valence-corrected chi connectivity index (χ1v) is 6.75. The molecule has 0 radical (unpaired) electrons. The summed E-state index contributed by atoms with van der Waals surface area (Å²) in [6.45, 7) is 0. The Hall–Kier alpha value is -2.21. The average Bonchev–Trinajstić information content (AvgIpc) is 2.47. The molecular weight excluding hydrogens is 341 g/mol. The number of carbonyl (C=O) groups is 2. The molecule has 0 bridgehead atoms. The summed E-state index contributed by atoms with van der Waals surface area (Å²) in [7, 11) is 1.30. The Balaban J connectivity index is 2.14. The highest BCUT2D eigenvalue weighted by Crippen LogP contribution is 2.20. The van der Waals surface area contributed by atoms with E-state index in [9.17, 15) is 14.0 Å². The van der Waals surface area contributed by atoms with Crippen molar-refractivity contribution < 1.29 is 18.7 Å². The van der Waals surface area contributed by atoms with E-state index in [-0.39, 0.29) is 5.91 Å². The molecule has 2 rings (SSSR count). The predicted molar refractivity (Wildman–Crippen MR) is 79.8 cm³/mol. The highest BCUT2D eigenvalue weighted by molar-refractivity contribution is 9.10. The van der Waals surface area contributed by atoms with Crippen LogP contribution in [-0.4, -0.2) is 19.0 Å². The van der Waals surface area contributed by atoms with Crippen LogP contribution in [0.1, 0.15) is 20.7 Å². The molecule has 0 aliphatic rings. The molecular formula is C15H11BrFNO3. The van der Waals surface area contributed by atoms with Gasteiger partial charge in [-0.15, -0.1) is 0 Å². The van der Waals surface area contributed by atoms with E-state index in [0.29, 0.717) is 21.3 Å². The maximum atomic E-state index is 13.0. The van der Waals surface area contributed by atoms with Crippen LogP contribution in [0.2, 0.25) is 0 Å². The van der Waals surface area contributed by atoms with Crippen molar-refractivity contribution in [2.75, 3.05) is 12.4 Å². The number of amides is 1. The van der Waals surface area contributed by atoms with E-state index in [1.807, 2.05) is 0 Å². The Morgan fingerprint density at radius 3 is 2.38 bits per heavy atom. The number of hydrogen-bond donors (Lipinski definition) is 1. The molecule has 2 aromatic rings. The molecule has 0 saturated heterocycles. The van der Waals surface area contributed by atoms with Crippen LogP contribution in [0.15, 0.2) is 46.9 Å². The van der Waals surface area contributed by atoms with Gasteiger partial charge in [-0.05, 0) is 58.4 Å². The second-order valence-corrected chi connectivity index (χ2v) is 5.00. The van der Waals surface area contributed by atoms with Gasteiger partial charge >= 0.3 is 5.97 Å². The molecule has 21 heavy (non-hydrogen) atoms. The lowest BCUT2D eigenvalue weighted by Crippen LogP contribution is -2.13. The highest BCUT2D eigenvalue weighted by Gasteiger charge is 2.11. The monoisotopic (exact) mass is 351 g/mol. The van der Waals surface area contributed by atoms with Gasteiger partial charge in [-0.3, -0.25) is 4.79 Å². The largest absolute Gasteiger partial charge is 0.465 e. The van der Waals surface area contributed by atoms with Crippen LogP contribution < -0.4 is 5.32 Å². The number of halogens is 2. The van der Waals surface area contributed by atoms with Crippen molar-refractivity contribution in [2.24, 2.45) is 0 Å². The molecule has 0 fully saturated rings. The Labute approximate surface area is 129 Å². The summed E-state index contributed by atoms with van der Waals surface area (Å²) in [5.74, 6) is -1.26. The lowest BCUT2D eigenvalue weighted by molar-refractivity contribution is 0.0600. The summed E-state index contributed by atoms with van der Waals surface area (Å²) in [5, 5.41) is 2.66. The van der Waals surface area contributed by atoms with Gasteiger partial charge in [0.2, 0.25) is 0 Å². The molecule has 0 aromatic heterocycles. The number of esters is 1. The smallest absolute Gasteiger partial charge is 0.337 e. The first kappa shape index (κ1) is 15.2. The zero-order valence-electron chi connectivity index (χ0n) is 11.0. The van der Waals surface area contributed by atoms with Crippen LogP contribution >= 0.6 is 15.9 Å². The summed E-state index contributed by atoms with van der Waals surface area (Å²) in [4.78, 5) is 23.4. The topological polar surface area (TPSA) is 55.4 Å². The number of anilines is 1. The predicted octanol–water partition coefficient (Wildman–Crippen LogP) is 3.63. The van der Waals surface area contributed by atoms with Crippen molar-refractivity contribution in [3.8, 4) is 0 Å². The van der Waals surface area contributed by atoms with Gasteiger partial charge < -0.3 is 10.1 Å². The van der Waals surface area contributed by atoms with Crippen molar-refractivity contribution in [1.82, 2.24) is 0 Å². The van der Waals surface area contributed by atoms with Crippen molar-refractivity contribution >= 4 is 33.5 Å². The van der Waals surface area contributed by atoms with Crippen LogP contribution in [-0.2, 0) is 4.74 Å². The standard InChI is InChI=1S/C15H11BrFNO3/c1-21-15(20)9-2-5-11(6-3-9)18-14(19)12-7-4-10(17)8-13(12)16/h2-8H,1H3,(H,18,19). The van der Waals surface area contributed by atoms with Gasteiger partial charge in [0.15, 0.2) is 0 Å². The fraction of sp³-hybridized carbons (Fsp3) is 0.0667. The molecule has 4 nitrogen and oxygen atoms in total. The van der Waals surface area contributed by atoms with Gasteiger partial charge in [0, 0.05) is 10.2 Å². The fourth-order valence-corrected chi connectivity index (χ4v) is 2.21. The number of methoxy groups -OCH3 is 1. The molecule has 2 aromatic carbocycles. The molecule has 6 heteroatoms. The summed E-state index contributed by atoms with van der Waals surface area (Å²) in [5.41, 5.74) is 1.22. The van der Waals surface area contributed by atoms with Gasteiger partial charge in [-0.2, -0.15) is 0 Å². The average molecular weight is 352 g/mol. The third kappa shape index (κ3) is 3.66. The van der Waals surface area contributed by atoms with Crippen LogP contribution in [0.3, 0.4) is 0 Å². The van der Waals surface area contributed by atoms with E-state index in [0.717, 1.165) is 0 Å². The van der Waals surface area contributed by atoms with Crippen molar-refractivity contribution in [2.45, 2.75) is 0 Å². The fourth-order valence-electron chi connectivity index (χ4n) is 1.68. The zero-order chi connectivity index (χ0) is 15.4. The van der Waals surface area contributed by atoms with E-state index < -0.39 is 11.8 Å². The van der Waals surface area contributed by atoms with Crippen LogP contribution in [0, 0.1) is 5.82 Å². The maximum Gasteiger partial charge on any atom is 0.337 e. The van der Waals surface area contributed by atoms with Gasteiger partial charge in [0.05, 0.1) is 18.2 Å². The summed E-state index contributed by atoms with van der Waals surface area (Å²) >= 11 is 3.14. The third-order valence-corrected chi connectivity index (χ3v) is 3.40. The van der Waals surface area contributed by atoms with Gasteiger partial charge in [-0.1, -0.05) is 0 Å². The SMILES string of the molecule is COC(=O)c1ccc(NC(=O)c2ccc(F)cc2Br)cc1. The Kier molecular flexibility index (Phi) is 4.70. The Morgan fingerprint density at radius 2 is 1.81 bits per heavy atom. The normalized spacial score (nSPS) is 10.0. The lowest BCUT2D eigenvalue weighted by atomic mass is 10.2. The summed E-state index contributed by atoms with van der Waals surface area (Å²) in [6.07, 6.45) is 0. The molecule has 1 N–H and O–H groups in total. The first-order valence-electron chi connectivity index (χ1n) is 5.96. The number of carbonyl (C=O) groups excluding carboxylic acids is 2. The highest BCUT2D eigenvalue weighted by atomic mass is 79.9. The van der Waals surface area contributed by atoms with Gasteiger partial charge in [0.1, 0.15) is 5.82 Å². The number of hydrogen-bond acceptors (Lipinski definition) is 3. The molecule has 0 spiro atoms. The molecule has 108 valence electrons. The second kappa shape index (κ2) is 6.49. The van der Waals surface area contributed by atoms with Gasteiger partial charge in [-0.25, -0.2) is 9.18 Å². The van der Waals surface area contributed by atoms with E-state index in [2.05, 4.69) is 26.0 Å². The quantitative estimate of drug-likeness (QED) is 0.859. The minimum atomic E-state index is -0.450. The van der Waals surface area contributed by atoms with E-state index in [1.54, 1.807) is 24.3 Å². The maximum absolute atomic E-state index is 13.0. The first-order chi connectivity index (χ1) is 10.0. The second-order valence-electron chi connectivity index (χ2n) is 4.15. The van der Waals surface area contributed by atoms with Crippen LogP contribution in [0.5, 0.6) is 0 Å². The van der Waals surface area contributed by atoms with E-state index >= 15 is 0 Å². The lowest BCUT2D eigenvalue weighted by Gasteiger charge is -2.07. The molecule has 0 aliphatic heterocycles. The number of nitrogens with one attached hydrogen (secondary N) is 1. The van der Waals surface area contributed by atoms with Crippen LogP contribution in [0.4, 0.5) is 10.1 Å². The number of benzene rings is 2. The Morgan fingerprint density at radius 1 is 1.14 bits per heavy atom. The molecule has 0 saturated carbocycles. The summed E-state index contributed by atoms with van der Waals surface area (Å²) < 4.78 is 17.9. The molecule has 0 unspecified atom stereocenters. The number of rotatable bonds is 3. The molecule has 0 atom stereocenters. The minimum Gasteiger partial charge on any atom is -0.465 e. The molecule has 0 heterocycles. The Bertz CT molecular complexity index is 686. The van der Waals surface area contributed by atoms with E-state index in [1.165, 1.54) is 25.3 Å². The van der Waals surface area contributed by atoms with Gasteiger partial charge in [0.25, 0.3) is 5.91 Å².